The summed E-state index contributed by atoms with van der Waals surface area (Å²) < 4.78 is 52.8. The zero-order chi connectivity index (χ0) is 57.6. The lowest BCUT2D eigenvalue weighted by molar-refractivity contribution is -0.320. The maximum atomic E-state index is 14.6. The number of carboxylic acids is 1. The number of fused-ring (bicyclic) bond motifs is 1. The monoisotopic (exact) mass is 1110 g/mol. The van der Waals surface area contributed by atoms with Gasteiger partial charge in [-0.1, -0.05) is 27.7 Å². The van der Waals surface area contributed by atoms with E-state index in [1.807, 2.05) is 32.8 Å². The minimum absolute atomic E-state index is 0.00528. The fraction of sp³-hybridized carbons (Fsp3) is 0.778. The number of nitrogens with one attached hydrogen (secondary N) is 1. The molecule has 0 bridgehead atoms. The average Bonchev–Trinajstić information content (AvgIpc) is 3.37. The normalized spacial score (nSPS) is 36.8. The van der Waals surface area contributed by atoms with E-state index in [9.17, 15) is 44.4 Å². The summed E-state index contributed by atoms with van der Waals surface area (Å²) in [6, 6.07) is 1.29. The van der Waals surface area contributed by atoms with E-state index < -0.39 is 119 Å². The lowest BCUT2D eigenvalue weighted by Gasteiger charge is -2.50. The van der Waals surface area contributed by atoms with Crippen molar-refractivity contribution in [2.75, 3.05) is 66.3 Å². The summed E-state index contributed by atoms with van der Waals surface area (Å²) in [4.78, 5) is 74.1. The van der Waals surface area contributed by atoms with Crippen LogP contribution in [-0.2, 0) is 52.3 Å². The third-order valence-electron chi connectivity index (χ3n) is 16.0. The minimum atomic E-state index is -2.03. The predicted molar refractivity (Wildman–Crippen MR) is 286 cm³/mol. The number of hydrogen-bond acceptors (Lipinski definition) is 21. The van der Waals surface area contributed by atoms with Crippen LogP contribution in [0.2, 0.25) is 0 Å². The molecule has 0 aliphatic carbocycles. The smallest absolute Gasteiger partial charge is 0.341 e. The number of aromatic carboxylic acids is 1. The Morgan fingerprint density at radius 3 is 2.17 bits per heavy atom. The van der Waals surface area contributed by atoms with E-state index >= 15 is 0 Å². The second-order valence-corrected chi connectivity index (χ2v) is 23.5. The number of aromatic nitrogens is 2. The number of rotatable bonds is 18. The van der Waals surface area contributed by atoms with E-state index in [1.54, 1.807) is 72.9 Å². The number of ketones is 1. The van der Waals surface area contributed by atoms with Gasteiger partial charge in [0.2, 0.25) is 5.43 Å². The number of methoxy groups -OCH3 is 2. The topological polar surface area (TPSA) is 276 Å². The van der Waals surface area contributed by atoms with E-state index in [0.29, 0.717) is 29.3 Å². The van der Waals surface area contributed by atoms with Gasteiger partial charge in [-0.2, -0.15) is 0 Å². The zero-order valence-electron chi connectivity index (χ0n) is 47.8. The molecule has 23 heteroatoms. The molecule has 436 valence electrons. The molecule has 3 aliphatic rings. The quantitative estimate of drug-likeness (QED) is 0.0813. The summed E-state index contributed by atoms with van der Waals surface area (Å²) in [5, 5.41) is 49.9. The molecular formula is C54H87N5O17S. The van der Waals surface area contributed by atoms with Crippen molar-refractivity contribution in [1.29, 1.82) is 0 Å². The molecule has 1 unspecified atom stereocenters. The molecule has 5 N–H and O–H groups in total. The molecule has 18 atom stereocenters. The van der Waals surface area contributed by atoms with Crippen molar-refractivity contribution in [2.45, 2.75) is 190 Å². The number of hydrogen-bond donors (Lipinski definition) is 5. The molecule has 0 saturated carbocycles. The van der Waals surface area contributed by atoms with Crippen LogP contribution in [0.5, 0.6) is 0 Å². The highest BCUT2D eigenvalue weighted by atomic mass is 32.2. The van der Waals surface area contributed by atoms with E-state index in [2.05, 4.69) is 10.3 Å². The maximum Gasteiger partial charge on any atom is 0.341 e. The van der Waals surface area contributed by atoms with E-state index in [1.165, 1.54) is 50.7 Å². The first-order chi connectivity index (χ1) is 36.0. The second kappa shape index (κ2) is 26.6. The number of likely N-dealkylation sites (N-methyl/N-ethyl adjacent to an activating group) is 1. The summed E-state index contributed by atoms with van der Waals surface area (Å²) >= 11 is 1.41. The van der Waals surface area contributed by atoms with Crippen LogP contribution in [0.1, 0.15) is 112 Å². The number of aliphatic hydroxyl groups excluding tert-OH is 2. The summed E-state index contributed by atoms with van der Waals surface area (Å²) in [5.74, 6) is -6.17. The summed E-state index contributed by atoms with van der Waals surface area (Å²) in [7, 11) is 10.1. The number of carboxylic acid groups (broad SMARTS) is 1. The number of esters is 2. The van der Waals surface area contributed by atoms with Crippen molar-refractivity contribution in [3.63, 3.8) is 0 Å². The molecular weight excluding hydrogens is 1020 g/mol. The molecule has 3 fully saturated rings. The molecule has 2 aromatic rings. The highest BCUT2D eigenvalue weighted by molar-refractivity contribution is 7.99. The van der Waals surface area contributed by atoms with Gasteiger partial charge in [0, 0.05) is 94.7 Å². The van der Waals surface area contributed by atoms with E-state index in [0.717, 1.165) is 0 Å². The van der Waals surface area contributed by atoms with Crippen LogP contribution in [0.15, 0.2) is 28.2 Å². The Morgan fingerprint density at radius 1 is 0.922 bits per heavy atom. The van der Waals surface area contributed by atoms with Crippen molar-refractivity contribution >= 4 is 46.5 Å². The van der Waals surface area contributed by atoms with Gasteiger partial charge in [0.05, 0.1) is 53.8 Å². The number of ether oxygens (including phenoxy) is 8. The van der Waals surface area contributed by atoms with E-state index in [-0.39, 0.29) is 61.1 Å². The Balaban J connectivity index is 1.35. The van der Waals surface area contributed by atoms with Crippen molar-refractivity contribution in [3.05, 3.63) is 34.2 Å². The van der Waals surface area contributed by atoms with E-state index in [4.69, 9.17) is 37.9 Å². The van der Waals surface area contributed by atoms with Gasteiger partial charge in [-0.3, -0.25) is 19.2 Å². The summed E-state index contributed by atoms with van der Waals surface area (Å²) in [6.07, 6.45) is -6.82. The van der Waals surface area contributed by atoms with Gasteiger partial charge >= 0.3 is 17.9 Å². The number of pyridine rings is 2. The second-order valence-electron chi connectivity index (χ2n) is 22.4. The molecule has 3 saturated heterocycles. The number of thioether (sulfide) groups is 1. The van der Waals surface area contributed by atoms with Crippen LogP contribution >= 0.6 is 11.8 Å². The zero-order valence-corrected chi connectivity index (χ0v) is 48.7. The van der Waals surface area contributed by atoms with Crippen LogP contribution in [0.25, 0.3) is 11.0 Å². The predicted octanol–water partition coefficient (Wildman–Crippen LogP) is 3.37. The van der Waals surface area contributed by atoms with Crippen LogP contribution in [0.3, 0.4) is 0 Å². The number of carbonyl (C=O) groups is 4. The first kappa shape index (κ1) is 64.0. The van der Waals surface area contributed by atoms with Gasteiger partial charge in [-0.15, -0.1) is 11.8 Å². The molecule has 0 radical (unpaired) electrons. The lowest BCUT2D eigenvalue weighted by Crippen LogP contribution is -2.61. The molecule has 0 amide bonds. The minimum Gasteiger partial charge on any atom is -0.477 e. The van der Waals surface area contributed by atoms with Crippen LogP contribution in [-0.4, -0.2) is 204 Å². The number of nitrogens with zero attached hydrogens (tertiary/aromatic N) is 4. The molecule has 0 spiro atoms. The Kier molecular flexibility index (Phi) is 22.1. The van der Waals surface area contributed by atoms with Gasteiger partial charge in [0.1, 0.15) is 34.8 Å². The first-order valence-electron chi connectivity index (χ1n) is 26.7. The molecule has 0 aromatic carbocycles. The molecule has 2 aromatic heterocycles. The van der Waals surface area contributed by atoms with Gasteiger partial charge in [0.25, 0.3) is 0 Å². The van der Waals surface area contributed by atoms with Crippen LogP contribution < -0.4 is 15.8 Å². The Morgan fingerprint density at radius 2 is 1.57 bits per heavy atom. The molecule has 22 nitrogen and oxygen atoms in total. The van der Waals surface area contributed by atoms with Gasteiger partial charge in [-0.05, 0) is 81.0 Å². The molecule has 77 heavy (non-hydrogen) atoms. The maximum absolute atomic E-state index is 14.6. The Hall–Kier alpha value is -3.85. The first-order valence-corrected chi connectivity index (χ1v) is 27.7. The number of aliphatic hydroxyl groups is 3. The van der Waals surface area contributed by atoms with Crippen LogP contribution in [0, 0.1) is 23.7 Å². The third-order valence-corrected chi connectivity index (χ3v) is 17.0. The molecule has 3 aliphatic heterocycles. The van der Waals surface area contributed by atoms with Crippen molar-refractivity contribution in [1.82, 2.24) is 19.9 Å². The summed E-state index contributed by atoms with van der Waals surface area (Å²) in [5.41, 5.74) is -5.20. The third kappa shape index (κ3) is 14.6. The highest BCUT2D eigenvalue weighted by Crippen LogP contribution is 2.42. The molecule has 5 rings (SSSR count). The van der Waals surface area contributed by atoms with Crippen molar-refractivity contribution in [2.24, 2.45) is 23.7 Å². The molecule has 5 heterocycles. The van der Waals surface area contributed by atoms with Gasteiger partial charge < -0.3 is 73.5 Å². The Bertz CT molecular complexity index is 2410. The average molecular weight is 1110 g/mol. The lowest BCUT2D eigenvalue weighted by atomic mass is 9.74. The largest absolute Gasteiger partial charge is 0.477 e. The fourth-order valence-corrected chi connectivity index (χ4v) is 12.1. The number of Topliss-reactive ketones (excluding diaryl/α,β-unsaturated/α-hetero) is 1. The standard InChI is InChI=1S/C54H87N5O17S/c1-17-38-54(10,68)45(64)30(4)41(61)28(2)24-52(8,69-15)46(76-51-43(63)37(57(11)12)22-29(3)71-51)31(5)44(32(6)50(67)73-38)75-40-25-53(9,70-16)47(33(7)72-40)74-39(60)18-19-55-20-21-77-34-23-35-42(62)36(49(65)66)27-59(58(13)14)48(35)56-26-34/h23,26-33,37-38,40,43-47,51,55,63-64,68H,17-22,24-25H2,1-16H3,(H,65,66)/t28-,29-,30?,31+,32-,33+,37+,38-,40+,43-,44+,45-,46-,47+,51+,52-,53-,54-/m1/s1. The van der Waals surface area contributed by atoms with Gasteiger partial charge in [0.15, 0.2) is 24.3 Å². The van der Waals surface area contributed by atoms with Crippen molar-refractivity contribution < 1.29 is 77.5 Å². The van der Waals surface area contributed by atoms with Crippen LogP contribution in [0.4, 0.5) is 0 Å². The number of cyclic esters (lactones) is 1. The SMILES string of the molecule is CC[C@H]1OC(=O)[C@H](C)[C@@H](O[C@H]2C[C@@](C)(OC)[C@@H](OC(=O)CCNCCSc3cnc4c(c3)c(=O)c(C(=O)O)cn4N(C)C)[C@H](C)O2)[C@H](C)[C@@H](O[C@@H]2O[C@H](C)C[C@H](N(C)C)[C@H]2O)[C@](C)(OC)C[C@@H](C)C(=O)C(C)[C@@H](O)[C@]1(C)O. The fourth-order valence-electron chi connectivity index (χ4n) is 11.3. The van der Waals surface area contributed by atoms with Gasteiger partial charge in [-0.25, -0.2) is 14.5 Å². The van der Waals surface area contributed by atoms with Crippen molar-refractivity contribution in [3.8, 4) is 0 Å². The Labute approximate surface area is 457 Å². The highest BCUT2D eigenvalue weighted by Gasteiger charge is 2.55. The summed E-state index contributed by atoms with van der Waals surface area (Å²) in [6.45, 7) is 17.7. The number of carbonyl (C=O) groups excluding carboxylic acids is 3.